The second kappa shape index (κ2) is 5.91. The van der Waals surface area contributed by atoms with Gasteiger partial charge in [-0.2, -0.15) is 0 Å². The van der Waals surface area contributed by atoms with Crippen molar-refractivity contribution in [1.29, 1.82) is 0 Å². The lowest BCUT2D eigenvalue weighted by atomic mass is 9.76. The molecule has 1 fully saturated rings. The quantitative estimate of drug-likeness (QED) is 0.729. The van der Waals surface area contributed by atoms with Crippen molar-refractivity contribution in [2.45, 2.75) is 52.4 Å². The van der Waals surface area contributed by atoms with Crippen LogP contribution in [0.4, 0.5) is 0 Å². The number of esters is 1. The Morgan fingerprint density at radius 2 is 2.21 bits per heavy atom. The summed E-state index contributed by atoms with van der Waals surface area (Å²) in [7, 11) is 0. The molecule has 3 heteroatoms. The van der Waals surface area contributed by atoms with Gasteiger partial charge >= 0.3 is 5.97 Å². The van der Waals surface area contributed by atoms with Crippen LogP contribution in [-0.4, -0.2) is 18.4 Å². The molecule has 19 heavy (non-hydrogen) atoms. The average Bonchev–Trinajstić information content (AvgIpc) is 2.72. The van der Waals surface area contributed by atoms with Crippen LogP contribution < -0.4 is 0 Å². The Hall–Kier alpha value is -1.09. The van der Waals surface area contributed by atoms with Crippen LogP contribution in [-0.2, 0) is 14.3 Å². The van der Waals surface area contributed by atoms with E-state index in [0.717, 1.165) is 12.0 Å². The lowest BCUT2D eigenvalue weighted by Gasteiger charge is -2.37. The van der Waals surface area contributed by atoms with Gasteiger partial charge in [0.15, 0.2) is 0 Å². The summed E-state index contributed by atoms with van der Waals surface area (Å²) in [6, 6.07) is 0. The normalized spacial score (nSPS) is 35.2. The van der Waals surface area contributed by atoms with Crippen molar-refractivity contribution in [3.8, 4) is 0 Å². The van der Waals surface area contributed by atoms with Gasteiger partial charge in [0, 0.05) is 11.6 Å². The molecule has 0 aromatic carbocycles. The van der Waals surface area contributed by atoms with Crippen molar-refractivity contribution in [3.05, 3.63) is 24.3 Å². The van der Waals surface area contributed by atoms with E-state index in [1.54, 1.807) is 6.08 Å². The molecule has 0 aromatic heterocycles. The predicted octanol–water partition coefficient (Wildman–Crippen LogP) is 3.46. The maximum Gasteiger partial charge on any atom is 0.333 e. The predicted molar refractivity (Wildman–Crippen MR) is 74.4 cm³/mol. The van der Waals surface area contributed by atoms with E-state index >= 15 is 0 Å². The Bertz CT molecular complexity index is 383. The van der Waals surface area contributed by atoms with E-state index in [2.05, 4.69) is 27.4 Å². The van der Waals surface area contributed by atoms with Gasteiger partial charge in [0.2, 0.25) is 6.29 Å². The topological polar surface area (TPSA) is 35.5 Å². The van der Waals surface area contributed by atoms with E-state index in [0.29, 0.717) is 17.8 Å². The number of carbonyl (C=O) groups excluding carboxylic acids is 1. The minimum absolute atomic E-state index is 0.167. The average molecular weight is 264 g/mol. The zero-order valence-electron chi connectivity index (χ0n) is 12.1. The molecule has 3 nitrogen and oxygen atoms in total. The molecule has 2 aliphatic rings. The fraction of sp³-hybridized carbons (Fsp3) is 0.688. The molecule has 106 valence electrons. The summed E-state index contributed by atoms with van der Waals surface area (Å²) in [6.45, 7) is 10.5. The minimum atomic E-state index is -0.552. The number of hydrogen-bond acceptors (Lipinski definition) is 3. The molecule has 2 rings (SSSR count). The molecule has 0 bridgehead atoms. The van der Waals surface area contributed by atoms with Crippen LogP contribution in [0.15, 0.2) is 24.3 Å². The van der Waals surface area contributed by atoms with Crippen molar-refractivity contribution in [2.75, 3.05) is 0 Å². The first-order valence-electron chi connectivity index (χ1n) is 7.21. The maximum absolute atomic E-state index is 11.3. The fourth-order valence-electron chi connectivity index (χ4n) is 2.94. The summed E-state index contributed by atoms with van der Waals surface area (Å²) < 4.78 is 11.2. The number of hydrogen-bond donors (Lipinski definition) is 0. The summed E-state index contributed by atoms with van der Waals surface area (Å²) >= 11 is 0. The highest BCUT2D eigenvalue weighted by Gasteiger charge is 2.34. The highest BCUT2D eigenvalue weighted by atomic mass is 16.7. The molecular weight excluding hydrogens is 240 g/mol. The highest BCUT2D eigenvalue weighted by Crippen LogP contribution is 2.36. The number of cyclic esters (lactones) is 1. The van der Waals surface area contributed by atoms with Gasteiger partial charge in [-0.3, -0.25) is 0 Å². The molecule has 1 saturated carbocycles. The first kappa shape index (κ1) is 14.3. The molecule has 0 N–H and O–H groups in total. The lowest BCUT2D eigenvalue weighted by Crippen LogP contribution is -2.35. The number of carbonyl (C=O) groups is 1. The first-order valence-corrected chi connectivity index (χ1v) is 7.21. The smallest absolute Gasteiger partial charge is 0.333 e. The third kappa shape index (κ3) is 3.27. The first-order chi connectivity index (χ1) is 9.01. The van der Waals surface area contributed by atoms with Gasteiger partial charge in [-0.1, -0.05) is 33.4 Å². The zero-order valence-corrected chi connectivity index (χ0v) is 12.1. The molecule has 0 amide bonds. The molecule has 0 spiro atoms. The Labute approximate surface area is 115 Å². The Morgan fingerprint density at radius 1 is 1.47 bits per heavy atom. The summed E-state index contributed by atoms with van der Waals surface area (Å²) in [5, 5.41) is 0. The van der Waals surface area contributed by atoms with E-state index < -0.39 is 6.29 Å². The summed E-state index contributed by atoms with van der Waals surface area (Å²) in [5.74, 6) is 1.57. The van der Waals surface area contributed by atoms with Crippen LogP contribution in [0, 0.1) is 17.8 Å². The summed E-state index contributed by atoms with van der Waals surface area (Å²) in [5.41, 5.74) is 0.740. The highest BCUT2D eigenvalue weighted by molar-refractivity contribution is 5.86. The minimum Gasteiger partial charge on any atom is -0.428 e. The van der Waals surface area contributed by atoms with Crippen LogP contribution in [0.3, 0.4) is 0 Å². The fourth-order valence-corrected chi connectivity index (χ4v) is 2.94. The second-order valence-electron chi connectivity index (χ2n) is 6.09. The van der Waals surface area contributed by atoms with Gasteiger partial charge in [0.25, 0.3) is 0 Å². The van der Waals surface area contributed by atoms with E-state index in [1.165, 1.54) is 18.9 Å². The van der Waals surface area contributed by atoms with Crippen molar-refractivity contribution in [1.82, 2.24) is 0 Å². The molecule has 1 aliphatic heterocycles. The second-order valence-corrected chi connectivity index (χ2v) is 6.09. The third-order valence-electron chi connectivity index (χ3n) is 4.42. The van der Waals surface area contributed by atoms with Crippen LogP contribution in [0.2, 0.25) is 0 Å². The number of ether oxygens (including phenoxy) is 2. The van der Waals surface area contributed by atoms with Gasteiger partial charge in [-0.05, 0) is 37.0 Å². The number of rotatable bonds is 4. The molecule has 4 atom stereocenters. The maximum atomic E-state index is 11.3. The molecule has 0 saturated heterocycles. The Morgan fingerprint density at radius 3 is 2.84 bits per heavy atom. The van der Waals surface area contributed by atoms with Gasteiger partial charge in [0.1, 0.15) is 0 Å². The molecule has 0 radical (unpaired) electrons. The van der Waals surface area contributed by atoms with Gasteiger partial charge in [-0.25, -0.2) is 4.79 Å². The van der Waals surface area contributed by atoms with Crippen LogP contribution >= 0.6 is 0 Å². The van der Waals surface area contributed by atoms with Crippen molar-refractivity contribution >= 4 is 5.97 Å². The SMILES string of the molecule is C=CC1=CC(=O)O[C@@H]1OC1CC(C(C)C)CCC1C. The molecule has 1 heterocycles. The van der Waals surface area contributed by atoms with Crippen molar-refractivity contribution in [3.63, 3.8) is 0 Å². The molecular formula is C16H24O3. The summed E-state index contributed by atoms with van der Waals surface area (Å²) in [4.78, 5) is 11.3. The van der Waals surface area contributed by atoms with Crippen LogP contribution in [0.25, 0.3) is 0 Å². The van der Waals surface area contributed by atoms with Gasteiger partial charge < -0.3 is 9.47 Å². The van der Waals surface area contributed by atoms with Gasteiger partial charge in [-0.15, -0.1) is 0 Å². The van der Waals surface area contributed by atoms with Crippen molar-refractivity contribution < 1.29 is 14.3 Å². The molecule has 1 aliphatic carbocycles. The van der Waals surface area contributed by atoms with Crippen LogP contribution in [0.1, 0.15) is 40.0 Å². The zero-order chi connectivity index (χ0) is 14.0. The standard InChI is InChI=1S/C16H24O3/c1-5-12-9-15(17)19-16(12)18-14-8-13(10(2)3)7-6-11(14)4/h5,9-11,13-14,16H,1,6-8H2,2-4H3/t11?,13?,14?,16-/m0/s1. The van der Waals surface area contributed by atoms with Crippen LogP contribution in [0.5, 0.6) is 0 Å². The van der Waals surface area contributed by atoms with E-state index in [9.17, 15) is 4.79 Å². The molecule has 3 unspecified atom stereocenters. The largest absolute Gasteiger partial charge is 0.428 e. The van der Waals surface area contributed by atoms with E-state index in [1.807, 2.05) is 0 Å². The van der Waals surface area contributed by atoms with E-state index in [4.69, 9.17) is 9.47 Å². The summed E-state index contributed by atoms with van der Waals surface area (Å²) in [6.07, 6.45) is 6.23. The third-order valence-corrected chi connectivity index (χ3v) is 4.42. The Kier molecular flexibility index (Phi) is 4.46. The lowest BCUT2D eigenvalue weighted by molar-refractivity contribution is -0.177. The van der Waals surface area contributed by atoms with E-state index in [-0.39, 0.29) is 12.1 Å². The van der Waals surface area contributed by atoms with Gasteiger partial charge in [0.05, 0.1) is 6.10 Å². The monoisotopic (exact) mass is 264 g/mol. The Balaban J connectivity index is 1.99. The molecule has 0 aromatic rings. The van der Waals surface area contributed by atoms with Crippen molar-refractivity contribution in [2.24, 2.45) is 17.8 Å².